The number of carbonyl (C=O) groups excluding carboxylic acids is 2. The van der Waals surface area contributed by atoms with Crippen molar-refractivity contribution in [2.75, 3.05) is 13.7 Å². The molecule has 3 N–H and O–H groups in total. The molecule has 174 valence electrons. The molecule has 10 heteroatoms. The van der Waals surface area contributed by atoms with E-state index < -0.39 is 17.6 Å². The van der Waals surface area contributed by atoms with Gasteiger partial charge in [-0.3, -0.25) is 4.79 Å². The number of hydrogen-bond acceptors (Lipinski definition) is 7. The molecule has 4 aromatic rings. The second-order valence-corrected chi connectivity index (χ2v) is 7.49. The van der Waals surface area contributed by atoms with E-state index in [1.807, 2.05) is 0 Å². The molecule has 0 bridgehead atoms. The summed E-state index contributed by atoms with van der Waals surface area (Å²) in [6.45, 7) is 2.71. The maximum atomic E-state index is 12.8. The molecule has 2 heterocycles. The Morgan fingerprint density at radius 1 is 1.06 bits per heavy atom. The number of H-pyrrole nitrogens is 1. The van der Waals surface area contributed by atoms with Crippen LogP contribution in [0, 0.1) is 0 Å². The molecule has 0 fully saturated rings. The second kappa shape index (κ2) is 9.57. The highest BCUT2D eigenvalue weighted by Crippen LogP contribution is 2.24. The summed E-state index contributed by atoms with van der Waals surface area (Å²) in [5.41, 5.74) is 6.60. The minimum Gasteiger partial charge on any atom is -0.494 e. The van der Waals surface area contributed by atoms with Gasteiger partial charge in [0.25, 0.3) is 5.91 Å². The van der Waals surface area contributed by atoms with Gasteiger partial charge in [0.05, 0.1) is 25.0 Å². The van der Waals surface area contributed by atoms with E-state index in [9.17, 15) is 14.4 Å². The van der Waals surface area contributed by atoms with Crippen molar-refractivity contribution in [1.82, 2.24) is 19.5 Å². The number of primary amides is 1. The minimum atomic E-state index is -0.803. The maximum Gasteiger partial charge on any atom is 0.337 e. The van der Waals surface area contributed by atoms with E-state index in [1.54, 1.807) is 36.4 Å². The zero-order valence-corrected chi connectivity index (χ0v) is 18.7. The summed E-state index contributed by atoms with van der Waals surface area (Å²) in [6, 6.07) is 13.3. The highest BCUT2D eigenvalue weighted by atomic mass is 16.5. The van der Waals surface area contributed by atoms with Crippen LogP contribution in [-0.4, -0.2) is 45.1 Å². The van der Waals surface area contributed by atoms with Crippen LogP contribution in [0.1, 0.15) is 40.6 Å². The van der Waals surface area contributed by atoms with Crippen LogP contribution >= 0.6 is 0 Å². The molecule has 2 aromatic heterocycles. The highest BCUT2D eigenvalue weighted by Gasteiger charge is 2.20. The summed E-state index contributed by atoms with van der Waals surface area (Å²) in [5, 5.41) is 0. The van der Waals surface area contributed by atoms with Crippen molar-refractivity contribution in [3.8, 4) is 22.8 Å². The molecule has 4 rings (SSSR count). The molecule has 0 unspecified atom stereocenters. The molecule has 2 aromatic carbocycles. The molecule has 0 aliphatic heterocycles. The number of ether oxygens (including phenoxy) is 2. The quantitative estimate of drug-likeness (QED) is 0.303. The van der Waals surface area contributed by atoms with Gasteiger partial charge in [-0.15, -0.1) is 0 Å². The zero-order chi connectivity index (χ0) is 24.2. The number of unbranched alkanes of at least 4 members (excludes halogenated alkanes) is 1. The summed E-state index contributed by atoms with van der Waals surface area (Å²) in [5.74, 6) is -0.374. The molecular weight excluding hydrogens is 438 g/mol. The van der Waals surface area contributed by atoms with Gasteiger partial charge in [-0.2, -0.15) is 0 Å². The van der Waals surface area contributed by atoms with Gasteiger partial charge in [-0.05, 0) is 55.0 Å². The molecule has 10 nitrogen and oxygen atoms in total. The number of nitrogens with two attached hydrogens (primary N) is 1. The summed E-state index contributed by atoms with van der Waals surface area (Å²) in [4.78, 5) is 48.1. The van der Waals surface area contributed by atoms with Crippen LogP contribution in [-0.2, 0) is 4.74 Å². The van der Waals surface area contributed by atoms with E-state index in [-0.39, 0.29) is 22.7 Å². The lowest BCUT2D eigenvalue weighted by molar-refractivity contribution is 0.0600. The van der Waals surface area contributed by atoms with E-state index >= 15 is 0 Å². The number of rotatable bonds is 8. The van der Waals surface area contributed by atoms with Crippen LogP contribution < -0.4 is 16.2 Å². The first-order chi connectivity index (χ1) is 16.4. The van der Waals surface area contributed by atoms with Gasteiger partial charge in [0.1, 0.15) is 11.3 Å². The number of nitrogens with one attached hydrogen (secondary N) is 1. The lowest BCUT2D eigenvalue weighted by atomic mass is 10.2. The molecule has 0 atom stereocenters. The van der Waals surface area contributed by atoms with Gasteiger partial charge < -0.3 is 20.2 Å². The van der Waals surface area contributed by atoms with Crippen LogP contribution in [0.5, 0.6) is 5.75 Å². The number of benzene rings is 2. The molecule has 0 aliphatic rings. The summed E-state index contributed by atoms with van der Waals surface area (Å²) in [6.07, 6.45) is 1.99. The average molecular weight is 461 g/mol. The standard InChI is InChI=1S/C24H23N5O5/c1-3-4-13-34-17-11-7-14(8-12-17)21-26-18(20(25)30)19-22(28-21)29(24(32)27-19)16-9-5-15(6-10-16)23(31)33-2/h5-12H,3-4,13H2,1-2H3,(H2,25,30)(H,27,32). The Hall–Kier alpha value is -4.47. The van der Waals surface area contributed by atoms with Gasteiger partial charge in [0, 0.05) is 5.56 Å². The topological polar surface area (TPSA) is 142 Å². The van der Waals surface area contributed by atoms with Gasteiger partial charge in [-0.25, -0.2) is 24.1 Å². The molecule has 0 saturated heterocycles. The Balaban J connectivity index is 1.81. The average Bonchev–Trinajstić information content (AvgIpc) is 3.19. The number of aromatic amines is 1. The zero-order valence-electron chi connectivity index (χ0n) is 18.7. The van der Waals surface area contributed by atoms with E-state index in [2.05, 4.69) is 21.9 Å². The fourth-order valence-electron chi connectivity index (χ4n) is 3.43. The number of esters is 1. The monoisotopic (exact) mass is 461 g/mol. The predicted octanol–water partition coefficient (Wildman–Crippen LogP) is 2.84. The van der Waals surface area contributed by atoms with Crippen LogP contribution in [0.2, 0.25) is 0 Å². The number of hydrogen-bond donors (Lipinski definition) is 2. The first-order valence-electron chi connectivity index (χ1n) is 10.7. The SMILES string of the molecule is CCCCOc1ccc(-c2nc(C(N)=O)c3[nH]c(=O)n(-c4ccc(C(=O)OC)cc4)c3n2)cc1. The number of aromatic nitrogens is 4. The number of carbonyl (C=O) groups is 2. The van der Waals surface area contributed by atoms with E-state index in [1.165, 1.54) is 23.8 Å². The van der Waals surface area contributed by atoms with Gasteiger partial charge >= 0.3 is 11.7 Å². The van der Waals surface area contributed by atoms with Crippen molar-refractivity contribution >= 4 is 23.0 Å². The number of amides is 1. The van der Waals surface area contributed by atoms with Crippen LogP contribution in [0.3, 0.4) is 0 Å². The largest absolute Gasteiger partial charge is 0.494 e. The fourth-order valence-corrected chi connectivity index (χ4v) is 3.43. The molecular formula is C24H23N5O5. The molecule has 34 heavy (non-hydrogen) atoms. The molecule has 0 saturated carbocycles. The van der Waals surface area contributed by atoms with Crippen molar-refractivity contribution in [2.45, 2.75) is 19.8 Å². The normalized spacial score (nSPS) is 10.9. The van der Waals surface area contributed by atoms with Crippen LogP contribution in [0.15, 0.2) is 53.3 Å². The van der Waals surface area contributed by atoms with Crippen molar-refractivity contribution in [2.24, 2.45) is 5.73 Å². The summed E-state index contributed by atoms with van der Waals surface area (Å²) < 4.78 is 11.7. The smallest absolute Gasteiger partial charge is 0.337 e. The Morgan fingerprint density at radius 2 is 1.76 bits per heavy atom. The third kappa shape index (κ3) is 4.38. The van der Waals surface area contributed by atoms with Crippen LogP contribution in [0.25, 0.3) is 28.2 Å². The van der Waals surface area contributed by atoms with Gasteiger partial charge in [0.2, 0.25) is 0 Å². The van der Waals surface area contributed by atoms with Crippen LogP contribution in [0.4, 0.5) is 0 Å². The maximum absolute atomic E-state index is 12.8. The van der Waals surface area contributed by atoms with E-state index in [4.69, 9.17) is 15.2 Å². The lowest BCUT2D eigenvalue weighted by Crippen LogP contribution is -2.15. The number of fused-ring (bicyclic) bond motifs is 1. The minimum absolute atomic E-state index is 0.106. The van der Waals surface area contributed by atoms with Crippen molar-refractivity contribution in [3.63, 3.8) is 0 Å². The molecule has 0 spiro atoms. The Kier molecular flexibility index (Phi) is 6.39. The predicted molar refractivity (Wildman–Crippen MR) is 125 cm³/mol. The van der Waals surface area contributed by atoms with E-state index in [0.29, 0.717) is 29.2 Å². The summed E-state index contributed by atoms with van der Waals surface area (Å²) >= 11 is 0. The first kappa shape index (κ1) is 22.7. The summed E-state index contributed by atoms with van der Waals surface area (Å²) in [7, 11) is 1.29. The Bertz CT molecular complexity index is 1400. The first-order valence-corrected chi connectivity index (χ1v) is 10.7. The highest BCUT2D eigenvalue weighted by molar-refractivity contribution is 6.02. The van der Waals surface area contributed by atoms with Crippen molar-refractivity contribution in [1.29, 1.82) is 0 Å². The number of nitrogens with zero attached hydrogens (tertiary/aromatic N) is 3. The Labute approximate surface area is 194 Å². The second-order valence-electron chi connectivity index (χ2n) is 7.49. The van der Waals surface area contributed by atoms with Crippen molar-refractivity contribution < 1.29 is 19.1 Å². The third-order valence-corrected chi connectivity index (χ3v) is 5.20. The Morgan fingerprint density at radius 3 is 2.38 bits per heavy atom. The van der Waals surface area contributed by atoms with Gasteiger partial charge in [0.15, 0.2) is 17.2 Å². The molecule has 0 aliphatic carbocycles. The third-order valence-electron chi connectivity index (χ3n) is 5.20. The number of imidazole rings is 1. The fraction of sp³-hybridized carbons (Fsp3) is 0.208. The van der Waals surface area contributed by atoms with Gasteiger partial charge in [-0.1, -0.05) is 13.3 Å². The molecule has 1 amide bonds. The number of methoxy groups -OCH3 is 1. The van der Waals surface area contributed by atoms with E-state index in [0.717, 1.165) is 12.8 Å². The lowest BCUT2D eigenvalue weighted by Gasteiger charge is -2.08. The molecule has 0 radical (unpaired) electrons. The van der Waals surface area contributed by atoms with Crippen molar-refractivity contribution in [3.05, 3.63) is 70.3 Å².